The van der Waals surface area contributed by atoms with E-state index in [9.17, 15) is 9.18 Å². The average Bonchev–Trinajstić information content (AvgIpc) is 2.77. The van der Waals surface area contributed by atoms with E-state index in [0.717, 1.165) is 44.2 Å². The number of nitrogens with one attached hydrogen (secondary N) is 2. The summed E-state index contributed by atoms with van der Waals surface area (Å²) in [6.07, 6.45) is 2.24. The fourth-order valence-corrected chi connectivity index (χ4v) is 3.55. The average molecular weight is 427 g/mol. The summed E-state index contributed by atoms with van der Waals surface area (Å²) in [6.45, 7) is 5.49. The van der Waals surface area contributed by atoms with Gasteiger partial charge in [-0.05, 0) is 36.8 Å². The molecule has 0 saturated carbocycles. The third-order valence-electron chi connectivity index (χ3n) is 5.07. The molecular weight excluding hydrogens is 395 g/mol. The number of aliphatic imine (C=N–C) groups is 1. The minimum absolute atomic E-state index is 0.135. The number of halogens is 1. The van der Waals surface area contributed by atoms with Crippen molar-refractivity contribution in [3.05, 3.63) is 66.0 Å². The Hall–Kier alpha value is -3.09. The Kier molecular flexibility index (Phi) is 8.70. The third kappa shape index (κ3) is 7.59. The molecule has 0 atom stereocenters. The molecule has 166 valence electrons. The number of amides is 1. The maximum Gasteiger partial charge on any atom is 0.224 e. The molecule has 3 rings (SSSR count). The highest BCUT2D eigenvalue weighted by molar-refractivity contribution is 5.80. The quantitative estimate of drug-likeness (QED) is 0.387. The monoisotopic (exact) mass is 426 g/mol. The summed E-state index contributed by atoms with van der Waals surface area (Å²) in [5, 5.41) is 6.18. The van der Waals surface area contributed by atoms with E-state index in [-0.39, 0.29) is 24.2 Å². The molecule has 2 aromatic carbocycles. The normalized spacial score (nSPS) is 14.9. The van der Waals surface area contributed by atoms with Crippen LogP contribution in [0.25, 0.3) is 0 Å². The second kappa shape index (κ2) is 11.9. The minimum atomic E-state index is -0.330. The van der Waals surface area contributed by atoms with E-state index in [1.54, 1.807) is 12.1 Å². The van der Waals surface area contributed by atoms with Gasteiger partial charge in [-0.3, -0.25) is 9.79 Å². The molecule has 31 heavy (non-hydrogen) atoms. The lowest BCUT2D eigenvalue weighted by molar-refractivity contribution is -0.120. The Morgan fingerprint density at radius 2 is 1.90 bits per heavy atom. The van der Waals surface area contributed by atoms with Crippen LogP contribution in [0.1, 0.15) is 25.3 Å². The van der Waals surface area contributed by atoms with Crippen molar-refractivity contribution in [1.29, 1.82) is 0 Å². The lowest BCUT2D eigenvalue weighted by Gasteiger charge is -2.34. The fourth-order valence-electron chi connectivity index (χ4n) is 3.55. The summed E-state index contributed by atoms with van der Waals surface area (Å²) in [7, 11) is 0. The van der Waals surface area contributed by atoms with Crippen LogP contribution in [0.3, 0.4) is 0 Å². The lowest BCUT2D eigenvalue weighted by Crippen LogP contribution is -2.47. The molecule has 0 radical (unpaired) electrons. The Morgan fingerprint density at radius 1 is 1.13 bits per heavy atom. The summed E-state index contributed by atoms with van der Waals surface area (Å²) in [5.41, 5.74) is 0.662. The highest BCUT2D eigenvalue weighted by Gasteiger charge is 2.22. The Bertz CT molecular complexity index is 852. The zero-order chi connectivity index (χ0) is 21.9. The Balaban J connectivity index is 1.42. The number of hydrogen-bond donors (Lipinski definition) is 2. The maximum atomic E-state index is 13.2. The molecule has 7 heteroatoms. The van der Waals surface area contributed by atoms with Gasteiger partial charge < -0.3 is 20.3 Å². The number of ether oxygens (including phenoxy) is 1. The van der Waals surface area contributed by atoms with Crippen LogP contribution in [-0.2, 0) is 11.2 Å². The molecule has 6 nitrogen and oxygen atoms in total. The Morgan fingerprint density at radius 3 is 2.61 bits per heavy atom. The molecule has 1 fully saturated rings. The highest BCUT2D eigenvalue weighted by Crippen LogP contribution is 2.18. The predicted molar refractivity (Wildman–Crippen MR) is 121 cm³/mol. The number of benzene rings is 2. The van der Waals surface area contributed by atoms with Crippen LogP contribution in [0.5, 0.6) is 5.75 Å². The molecule has 0 unspecified atom stereocenters. The van der Waals surface area contributed by atoms with Crippen LogP contribution in [0.15, 0.2) is 59.6 Å². The molecule has 2 aromatic rings. The van der Waals surface area contributed by atoms with Crippen LogP contribution >= 0.6 is 0 Å². The second-order valence-electron chi connectivity index (χ2n) is 7.51. The van der Waals surface area contributed by atoms with Crippen molar-refractivity contribution in [2.45, 2.75) is 32.3 Å². The summed E-state index contributed by atoms with van der Waals surface area (Å²) in [4.78, 5) is 19.0. The molecule has 0 bridgehead atoms. The molecule has 1 amide bonds. The van der Waals surface area contributed by atoms with E-state index in [0.29, 0.717) is 18.7 Å². The summed E-state index contributed by atoms with van der Waals surface area (Å²) in [6, 6.07) is 16.0. The van der Waals surface area contributed by atoms with Gasteiger partial charge >= 0.3 is 0 Å². The predicted octanol–water partition coefficient (Wildman–Crippen LogP) is 2.99. The molecule has 0 spiro atoms. The SMILES string of the molecule is CCNC(=NCCNC(=O)Cc1cccc(F)c1)N1CCC(Oc2ccccc2)CC1. The van der Waals surface area contributed by atoms with Crippen molar-refractivity contribution < 1.29 is 13.9 Å². The molecule has 1 aliphatic rings. The fraction of sp³-hybridized carbons (Fsp3) is 0.417. The minimum Gasteiger partial charge on any atom is -0.490 e. The van der Waals surface area contributed by atoms with E-state index in [4.69, 9.17) is 4.74 Å². The highest BCUT2D eigenvalue weighted by atomic mass is 19.1. The van der Waals surface area contributed by atoms with Crippen molar-refractivity contribution in [1.82, 2.24) is 15.5 Å². The first kappa shape index (κ1) is 22.6. The standard InChI is InChI=1S/C24H31FN4O2/c1-2-26-24(28-14-13-27-23(30)18-19-7-6-8-20(25)17-19)29-15-11-22(12-16-29)31-21-9-4-3-5-10-21/h3-10,17,22H,2,11-16,18H2,1H3,(H,26,28)(H,27,30). The Labute approximate surface area is 183 Å². The number of likely N-dealkylation sites (tertiary alicyclic amines) is 1. The molecule has 1 heterocycles. The van der Waals surface area contributed by atoms with Crippen molar-refractivity contribution in [3.8, 4) is 5.75 Å². The van der Waals surface area contributed by atoms with Gasteiger partial charge in [0, 0.05) is 39.0 Å². The van der Waals surface area contributed by atoms with Gasteiger partial charge in [-0.1, -0.05) is 30.3 Å². The van der Waals surface area contributed by atoms with Gasteiger partial charge in [0.15, 0.2) is 5.96 Å². The van der Waals surface area contributed by atoms with Crippen LogP contribution < -0.4 is 15.4 Å². The largest absolute Gasteiger partial charge is 0.490 e. The van der Waals surface area contributed by atoms with Gasteiger partial charge in [0.1, 0.15) is 17.7 Å². The van der Waals surface area contributed by atoms with E-state index in [1.807, 2.05) is 37.3 Å². The first-order valence-corrected chi connectivity index (χ1v) is 10.9. The van der Waals surface area contributed by atoms with Gasteiger partial charge in [0.2, 0.25) is 5.91 Å². The topological polar surface area (TPSA) is 66.0 Å². The zero-order valence-corrected chi connectivity index (χ0v) is 18.0. The van der Waals surface area contributed by atoms with E-state index in [2.05, 4.69) is 20.5 Å². The lowest BCUT2D eigenvalue weighted by atomic mass is 10.1. The van der Waals surface area contributed by atoms with Crippen LogP contribution in [0.2, 0.25) is 0 Å². The van der Waals surface area contributed by atoms with Gasteiger partial charge in [0.05, 0.1) is 13.0 Å². The van der Waals surface area contributed by atoms with Crippen LogP contribution in [0, 0.1) is 5.82 Å². The van der Waals surface area contributed by atoms with Gasteiger partial charge in [-0.25, -0.2) is 4.39 Å². The summed E-state index contributed by atoms with van der Waals surface area (Å²) < 4.78 is 19.3. The number of nitrogens with zero attached hydrogens (tertiary/aromatic N) is 2. The van der Waals surface area contributed by atoms with E-state index >= 15 is 0 Å². The van der Waals surface area contributed by atoms with Gasteiger partial charge in [0.25, 0.3) is 0 Å². The molecule has 1 saturated heterocycles. The first-order chi connectivity index (χ1) is 15.1. The van der Waals surface area contributed by atoms with E-state index < -0.39 is 0 Å². The number of piperidine rings is 1. The number of para-hydroxylation sites is 1. The number of carbonyl (C=O) groups is 1. The maximum absolute atomic E-state index is 13.2. The van der Waals surface area contributed by atoms with Crippen molar-refractivity contribution >= 4 is 11.9 Å². The smallest absolute Gasteiger partial charge is 0.224 e. The van der Waals surface area contributed by atoms with E-state index in [1.165, 1.54) is 12.1 Å². The van der Waals surface area contributed by atoms with Crippen molar-refractivity contribution in [2.75, 3.05) is 32.7 Å². The van der Waals surface area contributed by atoms with Crippen molar-refractivity contribution in [2.24, 2.45) is 4.99 Å². The molecule has 1 aliphatic heterocycles. The zero-order valence-electron chi connectivity index (χ0n) is 18.0. The summed E-state index contributed by atoms with van der Waals surface area (Å²) >= 11 is 0. The third-order valence-corrected chi connectivity index (χ3v) is 5.07. The number of hydrogen-bond acceptors (Lipinski definition) is 3. The van der Waals surface area contributed by atoms with Gasteiger partial charge in [-0.2, -0.15) is 0 Å². The summed E-state index contributed by atoms with van der Waals surface area (Å²) in [5.74, 6) is 1.31. The van der Waals surface area contributed by atoms with Crippen LogP contribution in [-0.4, -0.2) is 55.6 Å². The second-order valence-corrected chi connectivity index (χ2v) is 7.51. The number of rotatable bonds is 8. The number of carbonyl (C=O) groups excluding carboxylic acids is 1. The molecule has 0 aliphatic carbocycles. The molecule has 0 aromatic heterocycles. The number of guanidine groups is 1. The van der Waals surface area contributed by atoms with Gasteiger partial charge in [-0.15, -0.1) is 0 Å². The van der Waals surface area contributed by atoms with Crippen LogP contribution in [0.4, 0.5) is 4.39 Å². The first-order valence-electron chi connectivity index (χ1n) is 10.9. The molecular formula is C24H31FN4O2. The molecule has 2 N–H and O–H groups in total. The van der Waals surface area contributed by atoms with Crippen molar-refractivity contribution in [3.63, 3.8) is 0 Å².